The Balaban J connectivity index is 1.51. The Morgan fingerprint density at radius 3 is 2.59 bits per heavy atom. The molecule has 4 rings (SSSR count). The highest BCUT2D eigenvalue weighted by Crippen LogP contribution is 2.26. The molecule has 0 unspecified atom stereocenters. The molecule has 2 aromatic carbocycles. The summed E-state index contributed by atoms with van der Waals surface area (Å²) in [6, 6.07) is 16.3. The van der Waals surface area contributed by atoms with E-state index < -0.39 is 10.0 Å². The summed E-state index contributed by atoms with van der Waals surface area (Å²) in [5.74, 6) is 0.783. The highest BCUT2D eigenvalue weighted by atomic mass is 32.2. The molecule has 0 fully saturated rings. The molecule has 4 N–H and O–H groups in total. The van der Waals surface area contributed by atoms with E-state index >= 15 is 0 Å². The van der Waals surface area contributed by atoms with E-state index in [1.165, 1.54) is 17.6 Å². The van der Waals surface area contributed by atoms with Crippen LogP contribution in [0.25, 0.3) is 11.0 Å². The zero-order chi connectivity index (χ0) is 28.0. The van der Waals surface area contributed by atoms with Crippen molar-refractivity contribution in [1.29, 1.82) is 0 Å². The van der Waals surface area contributed by atoms with Crippen LogP contribution in [0, 0.1) is 0 Å². The fourth-order valence-electron chi connectivity index (χ4n) is 4.02. The van der Waals surface area contributed by atoms with Gasteiger partial charge in [0.25, 0.3) is 5.91 Å². The lowest BCUT2D eigenvalue weighted by Crippen LogP contribution is -2.27. The van der Waals surface area contributed by atoms with Crippen LogP contribution in [-0.2, 0) is 16.6 Å². The minimum Gasteiger partial charge on any atom is -0.365 e. The summed E-state index contributed by atoms with van der Waals surface area (Å²) >= 11 is 0. The summed E-state index contributed by atoms with van der Waals surface area (Å²) in [5, 5.41) is 10.3. The van der Waals surface area contributed by atoms with Crippen LogP contribution in [-0.4, -0.2) is 74.7 Å². The summed E-state index contributed by atoms with van der Waals surface area (Å²) < 4.78 is 25.5. The molecule has 0 radical (unpaired) electrons. The first-order valence-corrected chi connectivity index (χ1v) is 14.4. The molecule has 0 saturated carbocycles. The molecule has 0 bridgehead atoms. The maximum Gasteiger partial charge on any atom is 0.251 e. The number of aromatic amines is 1. The van der Waals surface area contributed by atoms with E-state index in [0.717, 1.165) is 23.9 Å². The van der Waals surface area contributed by atoms with Crippen LogP contribution in [0.5, 0.6) is 0 Å². The summed E-state index contributed by atoms with van der Waals surface area (Å²) in [4.78, 5) is 27.0. The third-order valence-electron chi connectivity index (χ3n) is 6.14. The van der Waals surface area contributed by atoms with Crippen molar-refractivity contribution in [3.05, 3.63) is 71.9 Å². The van der Waals surface area contributed by atoms with Gasteiger partial charge in [0.15, 0.2) is 0 Å². The topological polar surface area (TPSA) is 135 Å². The zero-order valence-electron chi connectivity index (χ0n) is 22.5. The maximum absolute atomic E-state index is 12.6. The fourth-order valence-corrected chi connectivity index (χ4v) is 4.56. The molecule has 0 atom stereocenters. The summed E-state index contributed by atoms with van der Waals surface area (Å²) in [7, 11) is 2.12. The zero-order valence-corrected chi connectivity index (χ0v) is 23.3. The molecule has 2 heterocycles. The lowest BCUT2D eigenvalue weighted by atomic mass is 10.1. The Kier molecular flexibility index (Phi) is 8.67. The largest absolute Gasteiger partial charge is 0.365 e. The third kappa shape index (κ3) is 7.24. The number of sulfonamides is 1. The molecule has 0 spiro atoms. The van der Waals surface area contributed by atoms with Crippen LogP contribution in [0.15, 0.2) is 60.8 Å². The molecule has 0 saturated heterocycles. The number of hydrogen-bond donors (Lipinski definition) is 4. The normalized spacial score (nSPS) is 11.5. The molecule has 39 heavy (non-hydrogen) atoms. The van der Waals surface area contributed by atoms with E-state index in [0.29, 0.717) is 47.4 Å². The van der Waals surface area contributed by atoms with Gasteiger partial charge in [-0.25, -0.2) is 8.42 Å². The number of para-hydroxylation sites is 1. The van der Waals surface area contributed by atoms with Crippen molar-refractivity contribution in [2.24, 2.45) is 0 Å². The first-order chi connectivity index (χ1) is 18.6. The van der Waals surface area contributed by atoms with E-state index in [2.05, 4.69) is 35.8 Å². The van der Waals surface area contributed by atoms with Gasteiger partial charge in [-0.05, 0) is 63.0 Å². The van der Waals surface area contributed by atoms with Crippen LogP contribution in [0.1, 0.15) is 22.3 Å². The quantitative estimate of drug-likeness (QED) is 0.197. The first kappa shape index (κ1) is 27.9. The number of carbonyl (C=O) groups excluding carboxylic acids is 1. The van der Waals surface area contributed by atoms with Crippen molar-refractivity contribution in [2.45, 2.75) is 13.0 Å². The molecule has 0 aliphatic heterocycles. The van der Waals surface area contributed by atoms with Gasteiger partial charge in [-0.1, -0.05) is 24.3 Å². The van der Waals surface area contributed by atoms with Gasteiger partial charge >= 0.3 is 0 Å². The number of benzene rings is 2. The number of nitrogens with one attached hydrogen (secondary N) is 4. The van der Waals surface area contributed by atoms with Gasteiger partial charge in [-0.15, -0.1) is 0 Å². The number of rotatable bonds is 12. The number of carbonyl (C=O) groups is 1. The van der Waals surface area contributed by atoms with Crippen LogP contribution < -0.4 is 20.3 Å². The molecule has 12 heteroatoms. The number of fused-ring (bicyclic) bond motifs is 1. The number of aromatic nitrogens is 3. The molecule has 4 aromatic rings. The van der Waals surface area contributed by atoms with Crippen molar-refractivity contribution in [2.75, 3.05) is 55.4 Å². The Labute approximate surface area is 228 Å². The van der Waals surface area contributed by atoms with Gasteiger partial charge < -0.3 is 25.8 Å². The molecular formula is C27H34N8O3S. The highest BCUT2D eigenvalue weighted by Gasteiger charge is 2.16. The van der Waals surface area contributed by atoms with E-state index in [1.807, 2.05) is 38.4 Å². The van der Waals surface area contributed by atoms with Crippen molar-refractivity contribution in [1.82, 2.24) is 25.2 Å². The lowest BCUT2D eigenvalue weighted by Gasteiger charge is -2.20. The molecule has 206 valence electrons. The number of amides is 1. The Hall–Kier alpha value is -4.16. The molecule has 11 nitrogen and oxygen atoms in total. The van der Waals surface area contributed by atoms with E-state index in [-0.39, 0.29) is 5.91 Å². The van der Waals surface area contributed by atoms with Gasteiger partial charge in [0.1, 0.15) is 11.5 Å². The van der Waals surface area contributed by atoms with E-state index in [4.69, 9.17) is 0 Å². The molecule has 0 aliphatic carbocycles. The van der Waals surface area contributed by atoms with Crippen molar-refractivity contribution in [3.8, 4) is 0 Å². The monoisotopic (exact) mass is 550 g/mol. The molecular weight excluding hydrogens is 516 g/mol. The second-order valence-corrected chi connectivity index (χ2v) is 11.5. The molecule has 0 aliphatic rings. The summed E-state index contributed by atoms with van der Waals surface area (Å²) in [6.45, 7) is 1.84. The molecule has 2 aromatic heterocycles. The predicted octanol–water partition coefficient (Wildman–Crippen LogP) is 3.39. The lowest BCUT2D eigenvalue weighted by molar-refractivity contribution is 0.0952. The van der Waals surface area contributed by atoms with E-state index in [9.17, 15) is 13.2 Å². The number of H-pyrrole nitrogens is 1. The minimum absolute atomic E-state index is 0.141. The van der Waals surface area contributed by atoms with Crippen molar-refractivity contribution < 1.29 is 13.2 Å². The highest BCUT2D eigenvalue weighted by molar-refractivity contribution is 7.92. The van der Waals surface area contributed by atoms with Gasteiger partial charge in [0, 0.05) is 37.6 Å². The second kappa shape index (κ2) is 12.1. The Morgan fingerprint density at radius 2 is 1.82 bits per heavy atom. The van der Waals surface area contributed by atoms with E-state index in [1.54, 1.807) is 36.5 Å². The van der Waals surface area contributed by atoms with Crippen LogP contribution in [0.2, 0.25) is 0 Å². The Bertz CT molecular complexity index is 1550. The minimum atomic E-state index is -3.41. The number of anilines is 4. The van der Waals surface area contributed by atoms with Gasteiger partial charge in [-0.3, -0.25) is 9.10 Å². The third-order valence-corrected chi connectivity index (χ3v) is 7.33. The smallest absolute Gasteiger partial charge is 0.251 e. The maximum atomic E-state index is 12.6. The van der Waals surface area contributed by atoms with Crippen molar-refractivity contribution >= 4 is 50.1 Å². The van der Waals surface area contributed by atoms with Crippen LogP contribution >= 0.6 is 0 Å². The molecule has 1 amide bonds. The van der Waals surface area contributed by atoms with Gasteiger partial charge in [0.2, 0.25) is 16.0 Å². The summed E-state index contributed by atoms with van der Waals surface area (Å²) in [5.41, 5.74) is 3.23. The standard InChI is InChI=1S/C27H34N8O3S/c1-34(2)16-8-14-29-26(36)19-10-7-11-21(17-19)31-27-32-24-22(13-15-28-24)25(33-27)30-18-20-9-5-6-12-23(20)35(3)39(4,37)38/h5-7,9-13,15,17H,8,14,16,18H2,1-4H3,(H,29,36)(H3,28,30,31,32,33). The average Bonchev–Trinajstić information content (AvgIpc) is 3.38. The number of hydrogen-bond acceptors (Lipinski definition) is 8. The van der Waals surface area contributed by atoms with Crippen molar-refractivity contribution in [3.63, 3.8) is 0 Å². The van der Waals surface area contributed by atoms with Gasteiger partial charge in [0.05, 0.1) is 17.3 Å². The van der Waals surface area contributed by atoms with Crippen LogP contribution in [0.4, 0.5) is 23.1 Å². The average molecular weight is 551 g/mol. The first-order valence-electron chi connectivity index (χ1n) is 12.5. The second-order valence-electron chi connectivity index (χ2n) is 9.47. The number of nitrogens with zero attached hydrogens (tertiary/aromatic N) is 4. The fraction of sp³-hybridized carbons (Fsp3) is 0.296. The predicted molar refractivity (Wildman–Crippen MR) is 156 cm³/mol. The van der Waals surface area contributed by atoms with Crippen LogP contribution in [0.3, 0.4) is 0 Å². The summed E-state index contributed by atoms with van der Waals surface area (Å²) in [6.07, 6.45) is 3.82. The van der Waals surface area contributed by atoms with Gasteiger partial charge in [-0.2, -0.15) is 9.97 Å². The Morgan fingerprint density at radius 1 is 1.03 bits per heavy atom. The SMILES string of the molecule is CN(C)CCCNC(=O)c1cccc(Nc2nc(NCc3ccccc3N(C)S(C)(=O)=O)c3cc[nH]c3n2)c1.